The predicted molar refractivity (Wildman–Crippen MR) is 107 cm³/mol. The first-order valence-electron chi connectivity index (χ1n) is 11.2. The summed E-state index contributed by atoms with van der Waals surface area (Å²) >= 11 is 0. The van der Waals surface area contributed by atoms with Crippen LogP contribution in [0, 0.1) is 0 Å². The summed E-state index contributed by atoms with van der Waals surface area (Å²) in [5, 5.41) is 0. The van der Waals surface area contributed by atoms with Gasteiger partial charge >= 0.3 is 5.97 Å². The van der Waals surface area contributed by atoms with Gasteiger partial charge in [-0.3, -0.25) is 9.69 Å². The standard InChI is InChI=1S/C22H43NO2/c1-2-3-4-5-6-7-8-9-10-11-12-13-15-18-22(24)25-21-23-19-16-14-17-20-23/h2-21H2,1H3. The highest BCUT2D eigenvalue weighted by Crippen LogP contribution is 2.13. The van der Waals surface area contributed by atoms with Crippen LogP contribution in [0.4, 0.5) is 0 Å². The smallest absolute Gasteiger partial charge is 0.307 e. The van der Waals surface area contributed by atoms with Crippen LogP contribution in [-0.4, -0.2) is 30.7 Å². The van der Waals surface area contributed by atoms with Crippen LogP contribution in [0.1, 0.15) is 116 Å². The summed E-state index contributed by atoms with van der Waals surface area (Å²) in [6.07, 6.45) is 21.8. The van der Waals surface area contributed by atoms with Gasteiger partial charge in [-0.1, -0.05) is 90.4 Å². The van der Waals surface area contributed by atoms with E-state index >= 15 is 0 Å². The maximum absolute atomic E-state index is 11.7. The highest BCUT2D eigenvalue weighted by molar-refractivity contribution is 5.69. The van der Waals surface area contributed by atoms with Crippen LogP contribution >= 0.6 is 0 Å². The second-order valence-electron chi connectivity index (χ2n) is 7.82. The van der Waals surface area contributed by atoms with Crippen LogP contribution in [0.2, 0.25) is 0 Å². The van der Waals surface area contributed by atoms with Gasteiger partial charge in [-0.05, 0) is 19.3 Å². The van der Waals surface area contributed by atoms with E-state index in [1.807, 2.05) is 0 Å². The van der Waals surface area contributed by atoms with E-state index < -0.39 is 0 Å². The number of ether oxygens (including phenoxy) is 1. The Morgan fingerprint density at radius 2 is 1.20 bits per heavy atom. The first-order chi connectivity index (χ1) is 12.3. The fourth-order valence-corrected chi connectivity index (χ4v) is 3.61. The zero-order chi connectivity index (χ0) is 18.0. The van der Waals surface area contributed by atoms with Crippen molar-refractivity contribution in [2.75, 3.05) is 19.8 Å². The van der Waals surface area contributed by atoms with E-state index in [4.69, 9.17) is 4.74 Å². The Labute approximate surface area is 156 Å². The van der Waals surface area contributed by atoms with Crippen molar-refractivity contribution in [3.63, 3.8) is 0 Å². The van der Waals surface area contributed by atoms with Crippen molar-refractivity contribution in [2.45, 2.75) is 116 Å². The maximum atomic E-state index is 11.7. The molecule has 0 radical (unpaired) electrons. The molecule has 0 unspecified atom stereocenters. The van der Waals surface area contributed by atoms with Crippen molar-refractivity contribution >= 4 is 5.97 Å². The average Bonchev–Trinajstić information content (AvgIpc) is 2.64. The molecule has 0 N–H and O–H groups in total. The summed E-state index contributed by atoms with van der Waals surface area (Å²) in [4.78, 5) is 14.0. The molecule has 0 aromatic carbocycles. The van der Waals surface area contributed by atoms with Crippen LogP contribution in [0.3, 0.4) is 0 Å². The second kappa shape index (κ2) is 16.9. The maximum Gasteiger partial charge on any atom is 0.307 e. The fraction of sp³-hybridized carbons (Fsp3) is 0.955. The van der Waals surface area contributed by atoms with Crippen molar-refractivity contribution < 1.29 is 9.53 Å². The summed E-state index contributed by atoms with van der Waals surface area (Å²) in [5.74, 6) is -0.00588. The number of hydrogen-bond donors (Lipinski definition) is 0. The molecular weight excluding hydrogens is 310 g/mol. The van der Waals surface area contributed by atoms with Crippen LogP contribution in [0.15, 0.2) is 0 Å². The lowest BCUT2D eigenvalue weighted by Gasteiger charge is -2.25. The van der Waals surface area contributed by atoms with Gasteiger partial charge in [-0.15, -0.1) is 0 Å². The van der Waals surface area contributed by atoms with Gasteiger partial charge in [0.25, 0.3) is 0 Å². The Morgan fingerprint density at radius 3 is 1.72 bits per heavy atom. The third-order valence-corrected chi connectivity index (χ3v) is 5.34. The molecule has 0 bridgehead atoms. The topological polar surface area (TPSA) is 29.5 Å². The Hall–Kier alpha value is -0.570. The normalized spacial score (nSPS) is 15.4. The molecule has 0 amide bonds. The molecule has 0 aromatic heterocycles. The van der Waals surface area contributed by atoms with Gasteiger partial charge in [0.15, 0.2) is 0 Å². The Morgan fingerprint density at radius 1 is 0.720 bits per heavy atom. The number of nitrogens with zero attached hydrogens (tertiary/aromatic N) is 1. The SMILES string of the molecule is CCCCCCCCCCCCCCCC(=O)OCN1CCCCC1. The zero-order valence-electron chi connectivity index (χ0n) is 16.9. The van der Waals surface area contributed by atoms with Crippen molar-refractivity contribution in [3.05, 3.63) is 0 Å². The van der Waals surface area contributed by atoms with Gasteiger partial charge in [-0.25, -0.2) is 0 Å². The molecule has 1 fully saturated rings. The molecule has 1 aliphatic heterocycles. The van der Waals surface area contributed by atoms with Gasteiger partial charge in [-0.2, -0.15) is 0 Å². The van der Waals surface area contributed by atoms with Gasteiger partial charge < -0.3 is 4.74 Å². The monoisotopic (exact) mass is 353 g/mol. The van der Waals surface area contributed by atoms with Crippen molar-refractivity contribution in [1.82, 2.24) is 4.90 Å². The molecule has 3 nitrogen and oxygen atoms in total. The summed E-state index contributed by atoms with van der Waals surface area (Å²) in [6, 6.07) is 0. The molecule has 148 valence electrons. The first-order valence-corrected chi connectivity index (χ1v) is 11.2. The van der Waals surface area contributed by atoms with Crippen molar-refractivity contribution in [3.8, 4) is 0 Å². The molecule has 0 atom stereocenters. The molecule has 0 saturated carbocycles. The fourth-order valence-electron chi connectivity index (χ4n) is 3.61. The number of likely N-dealkylation sites (tertiary alicyclic amines) is 1. The largest absolute Gasteiger partial charge is 0.449 e. The minimum absolute atomic E-state index is 0.00588. The summed E-state index contributed by atoms with van der Waals surface area (Å²) < 4.78 is 5.38. The lowest BCUT2D eigenvalue weighted by molar-refractivity contribution is -0.149. The van der Waals surface area contributed by atoms with Crippen molar-refractivity contribution in [1.29, 1.82) is 0 Å². The van der Waals surface area contributed by atoms with Crippen LogP contribution < -0.4 is 0 Å². The number of rotatable bonds is 16. The second-order valence-corrected chi connectivity index (χ2v) is 7.82. The number of piperidine rings is 1. The molecule has 0 aliphatic carbocycles. The van der Waals surface area contributed by atoms with E-state index in [1.165, 1.54) is 96.3 Å². The number of hydrogen-bond acceptors (Lipinski definition) is 3. The van der Waals surface area contributed by atoms with Gasteiger partial charge in [0, 0.05) is 19.5 Å². The van der Waals surface area contributed by atoms with Gasteiger partial charge in [0.05, 0.1) is 0 Å². The van der Waals surface area contributed by atoms with E-state index in [9.17, 15) is 4.79 Å². The molecule has 0 aromatic rings. The van der Waals surface area contributed by atoms with Gasteiger partial charge in [0.2, 0.25) is 0 Å². The molecule has 1 saturated heterocycles. The predicted octanol–water partition coefficient (Wildman–Crippen LogP) is 6.45. The van der Waals surface area contributed by atoms with E-state index in [0.717, 1.165) is 19.5 Å². The van der Waals surface area contributed by atoms with E-state index in [-0.39, 0.29) is 5.97 Å². The minimum Gasteiger partial charge on any atom is -0.449 e. The Balaban J connectivity index is 1.75. The molecule has 25 heavy (non-hydrogen) atoms. The highest BCUT2D eigenvalue weighted by atomic mass is 16.5. The number of carbonyl (C=O) groups excluding carboxylic acids is 1. The number of esters is 1. The summed E-state index contributed by atoms with van der Waals surface area (Å²) in [7, 11) is 0. The quantitative estimate of drug-likeness (QED) is 0.236. The molecule has 1 heterocycles. The lowest BCUT2D eigenvalue weighted by atomic mass is 10.0. The first kappa shape index (κ1) is 22.5. The Kier molecular flexibility index (Phi) is 15.2. The molecular formula is C22H43NO2. The average molecular weight is 354 g/mol. The van der Waals surface area contributed by atoms with E-state index in [0.29, 0.717) is 13.2 Å². The minimum atomic E-state index is -0.00588. The third-order valence-electron chi connectivity index (χ3n) is 5.34. The van der Waals surface area contributed by atoms with Crippen LogP contribution in [-0.2, 0) is 9.53 Å². The zero-order valence-corrected chi connectivity index (χ0v) is 16.9. The number of carbonyl (C=O) groups is 1. The molecule has 1 aliphatic rings. The summed E-state index contributed by atoms with van der Waals surface area (Å²) in [5.41, 5.74) is 0. The van der Waals surface area contributed by atoms with Crippen LogP contribution in [0.5, 0.6) is 0 Å². The summed E-state index contributed by atoms with van der Waals surface area (Å²) in [6.45, 7) is 4.97. The molecule has 3 heteroatoms. The van der Waals surface area contributed by atoms with Gasteiger partial charge in [0.1, 0.15) is 6.73 Å². The lowest BCUT2D eigenvalue weighted by Crippen LogP contribution is -2.32. The van der Waals surface area contributed by atoms with Crippen molar-refractivity contribution in [2.24, 2.45) is 0 Å². The highest BCUT2D eigenvalue weighted by Gasteiger charge is 2.11. The van der Waals surface area contributed by atoms with Crippen LogP contribution in [0.25, 0.3) is 0 Å². The molecule has 0 spiro atoms. The Bertz CT molecular complexity index is 300. The third kappa shape index (κ3) is 14.3. The van der Waals surface area contributed by atoms with E-state index in [1.54, 1.807) is 0 Å². The molecule has 1 rings (SSSR count). The number of unbranched alkanes of at least 4 members (excludes halogenated alkanes) is 12. The van der Waals surface area contributed by atoms with E-state index in [2.05, 4.69) is 11.8 Å².